The number of fused-ring (bicyclic) bond motifs is 3. The highest BCUT2D eigenvalue weighted by molar-refractivity contribution is 7.16. The summed E-state index contributed by atoms with van der Waals surface area (Å²) in [5.74, 6) is 0. The van der Waals surface area contributed by atoms with E-state index in [1.807, 2.05) is 37.3 Å². The third-order valence-corrected chi connectivity index (χ3v) is 4.67. The van der Waals surface area contributed by atoms with Crippen molar-refractivity contribution in [2.75, 3.05) is 0 Å². The van der Waals surface area contributed by atoms with Crippen LogP contribution in [0.1, 0.15) is 5.56 Å². The Kier molecular flexibility index (Phi) is 2.69. The van der Waals surface area contributed by atoms with Crippen LogP contribution in [0.2, 0.25) is 0 Å². The van der Waals surface area contributed by atoms with Crippen LogP contribution < -0.4 is 4.74 Å². The summed E-state index contributed by atoms with van der Waals surface area (Å²) in [5, 5.41) is 2.38. The van der Waals surface area contributed by atoms with E-state index in [1.165, 1.54) is 22.1 Å². The van der Waals surface area contributed by atoms with Gasteiger partial charge in [0.2, 0.25) is 4.74 Å². The van der Waals surface area contributed by atoms with Crippen LogP contribution in [0.5, 0.6) is 0 Å². The molecule has 0 bridgehead atoms. The molecule has 4 aromatic rings. The van der Waals surface area contributed by atoms with Crippen LogP contribution in [0, 0.1) is 6.92 Å². The minimum atomic E-state index is 0.0972. The molecule has 3 heteroatoms. The zero-order chi connectivity index (χ0) is 14.4. The molecule has 0 aliphatic carbocycles. The van der Waals surface area contributed by atoms with Crippen LogP contribution >= 0.6 is 11.3 Å². The average molecular weight is 291 g/mol. The molecule has 102 valence electrons. The summed E-state index contributed by atoms with van der Waals surface area (Å²) in [7, 11) is 0. The standard InChI is InChI=1S/C18H13NOS/c1-12-11-16(20)21-18-17(12)14-9-5-6-10-15(14)19(18)13-7-3-2-4-8-13/h2-11H,1H3. The molecule has 0 radical (unpaired) electrons. The van der Waals surface area contributed by atoms with Gasteiger partial charge in [0.15, 0.2) is 0 Å². The van der Waals surface area contributed by atoms with E-state index < -0.39 is 0 Å². The smallest absolute Gasteiger partial charge is 0.234 e. The Morgan fingerprint density at radius 3 is 2.48 bits per heavy atom. The van der Waals surface area contributed by atoms with E-state index in [0.29, 0.717) is 0 Å². The number of aromatic nitrogens is 1. The molecule has 0 fully saturated rings. The Bertz CT molecular complexity index is 1010. The summed E-state index contributed by atoms with van der Waals surface area (Å²) in [6.45, 7) is 2.01. The quantitative estimate of drug-likeness (QED) is 0.505. The van der Waals surface area contributed by atoms with Crippen LogP contribution in [0.15, 0.2) is 65.5 Å². The van der Waals surface area contributed by atoms with E-state index in [9.17, 15) is 4.79 Å². The molecule has 2 heterocycles. The van der Waals surface area contributed by atoms with Gasteiger partial charge in [-0.1, -0.05) is 47.7 Å². The minimum Gasteiger partial charge on any atom is -0.301 e. The topological polar surface area (TPSA) is 22.0 Å². The second-order valence-electron chi connectivity index (χ2n) is 5.12. The molecule has 2 aromatic heterocycles. The predicted molar refractivity (Wildman–Crippen MR) is 89.7 cm³/mol. The zero-order valence-corrected chi connectivity index (χ0v) is 12.4. The van der Waals surface area contributed by atoms with Gasteiger partial charge in [-0.2, -0.15) is 0 Å². The van der Waals surface area contributed by atoms with Crippen LogP contribution in [0.25, 0.3) is 26.8 Å². The number of aryl methyl sites for hydroxylation is 1. The third kappa shape index (κ3) is 1.82. The maximum Gasteiger partial charge on any atom is 0.234 e. The molecule has 0 atom stereocenters. The maximum absolute atomic E-state index is 12.0. The van der Waals surface area contributed by atoms with Crippen molar-refractivity contribution in [3.63, 3.8) is 0 Å². The van der Waals surface area contributed by atoms with Gasteiger partial charge in [-0.15, -0.1) is 0 Å². The van der Waals surface area contributed by atoms with Crippen molar-refractivity contribution in [2.45, 2.75) is 6.92 Å². The van der Waals surface area contributed by atoms with Crippen LogP contribution in [-0.4, -0.2) is 4.57 Å². The highest BCUT2D eigenvalue weighted by atomic mass is 32.1. The summed E-state index contributed by atoms with van der Waals surface area (Å²) in [4.78, 5) is 13.0. The lowest BCUT2D eigenvalue weighted by atomic mass is 10.1. The molecular formula is C18H13NOS. The molecule has 2 aromatic carbocycles. The molecule has 0 saturated carbocycles. The van der Waals surface area contributed by atoms with E-state index in [0.717, 1.165) is 21.6 Å². The summed E-state index contributed by atoms with van der Waals surface area (Å²) in [6.07, 6.45) is 0. The zero-order valence-electron chi connectivity index (χ0n) is 11.5. The first-order valence-corrected chi connectivity index (χ1v) is 7.67. The van der Waals surface area contributed by atoms with E-state index in [2.05, 4.69) is 28.8 Å². The molecule has 0 aliphatic heterocycles. The van der Waals surface area contributed by atoms with E-state index in [1.54, 1.807) is 6.07 Å². The number of hydrogen-bond donors (Lipinski definition) is 0. The average Bonchev–Trinajstić information content (AvgIpc) is 2.82. The van der Waals surface area contributed by atoms with Gasteiger partial charge in [-0.25, -0.2) is 0 Å². The highest BCUT2D eigenvalue weighted by Crippen LogP contribution is 2.34. The molecular weight excluding hydrogens is 278 g/mol. The second-order valence-corrected chi connectivity index (χ2v) is 6.11. The first-order valence-electron chi connectivity index (χ1n) is 6.85. The fourth-order valence-corrected chi connectivity index (χ4v) is 4.00. The Hall–Kier alpha value is -2.39. The first-order chi connectivity index (χ1) is 10.3. The monoisotopic (exact) mass is 291 g/mol. The van der Waals surface area contributed by atoms with Crippen molar-refractivity contribution >= 4 is 32.5 Å². The molecule has 0 amide bonds. The Balaban J connectivity index is 2.30. The van der Waals surface area contributed by atoms with Crippen LogP contribution in [0.4, 0.5) is 0 Å². The molecule has 4 rings (SSSR count). The highest BCUT2D eigenvalue weighted by Gasteiger charge is 2.14. The second kappa shape index (κ2) is 4.57. The van der Waals surface area contributed by atoms with Gasteiger partial charge in [0.25, 0.3) is 0 Å². The molecule has 0 saturated heterocycles. The normalized spacial score (nSPS) is 11.3. The number of rotatable bonds is 1. The molecule has 0 spiro atoms. The maximum atomic E-state index is 12.0. The third-order valence-electron chi connectivity index (χ3n) is 3.77. The van der Waals surface area contributed by atoms with Gasteiger partial charge in [-0.05, 0) is 36.8 Å². The predicted octanol–water partition coefficient (Wildman–Crippen LogP) is 4.51. The van der Waals surface area contributed by atoms with E-state index in [-0.39, 0.29) is 4.74 Å². The van der Waals surface area contributed by atoms with Gasteiger partial charge in [0.1, 0.15) is 4.83 Å². The van der Waals surface area contributed by atoms with Crippen molar-refractivity contribution in [1.82, 2.24) is 4.57 Å². The van der Waals surface area contributed by atoms with Gasteiger partial charge in [0, 0.05) is 16.5 Å². The van der Waals surface area contributed by atoms with Crippen LogP contribution in [-0.2, 0) is 0 Å². The molecule has 21 heavy (non-hydrogen) atoms. The minimum absolute atomic E-state index is 0.0972. The largest absolute Gasteiger partial charge is 0.301 e. The van der Waals surface area contributed by atoms with Crippen LogP contribution in [0.3, 0.4) is 0 Å². The Morgan fingerprint density at radius 2 is 1.67 bits per heavy atom. The van der Waals surface area contributed by atoms with Gasteiger partial charge < -0.3 is 4.57 Å². The number of hydrogen-bond acceptors (Lipinski definition) is 2. The SMILES string of the molecule is Cc1cc(=O)sc2c1c1ccccc1n2-c1ccccc1. The van der Waals surface area contributed by atoms with Crippen molar-refractivity contribution in [3.8, 4) is 5.69 Å². The van der Waals surface area contributed by atoms with Gasteiger partial charge in [0.05, 0.1) is 5.52 Å². The summed E-state index contributed by atoms with van der Waals surface area (Å²) < 4.78 is 2.28. The number of benzene rings is 2. The van der Waals surface area contributed by atoms with E-state index >= 15 is 0 Å². The lowest BCUT2D eigenvalue weighted by Crippen LogP contribution is -1.96. The van der Waals surface area contributed by atoms with Crippen molar-refractivity contribution in [2.24, 2.45) is 0 Å². The molecule has 0 unspecified atom stereocenters. The van der Waals surface area contributed by atoms with E-state index in [4.69, 9.17) is 0 Å². The van der Waals surface area contributed by atoms with Crippen molar-refractivity contribution < 1.29 is 0 Å². The Morgan fingerprint density at radius 1 is 0.952 bits per heavy atom. The summed E-state index contributed by atoms with van der Waals surface area (Å²) in [5.41, 5.74) is 3.27. The summed E-state index contributed by atoms with van der Waals surface area (Å²) >= 11 is 1.31. The summed E-state index contributed by atoms with van der Waals surface area (Å²) in [6, 6.07) is 20.3. The lowest BCUT2D eigenvalue weighted by molar-refractivity contribution is 1.19. The van der Waals surface area contributed by atoms with Gasteiger partial charge >= 0.3 is 0 Å². The molecule has 2 nitrogen and oxygen atoms in total. The lowest BCUT2D eigenvalue weighted by Gasteiger charge is -2.06. The Labute approximate surface area is 125 Å². The fourth-order valence-electron chi connectivity index (χ4n) is 2.90. The van der Waals surface area contributed by atoms with Crippen molar-refractivity contribution in [3.05, 3.63) is 75.8 Å². The fraction of sp³-hybridized carbons (Fsp3) is 0.0556. The molecule has 0 aliphatic rings. The number of nitrogens with zero attached hydrogens (tertiary/aromatic N) is 1. The first kappa shape index (κ1) is 12.4. The molecule has 0 N–H and O–H groups in total. The number of para-hydroxylation sites is 2. The van der Waals surface area contributed by atoms with Crippen molar-refractivity contribution in [1.29, 1.82) is 0 Å². The van der Waals surface area contributed by atoms with Gasteiger partial charge in [-0.3, -0.25) is 4.79 Å².